The van der Waals surface area contributed by atoms with Crippen molar-refractivity contribution in [3.63, 3.8) is 0 Å². The zero-order chi connectivity index (χ0) is 15.6. The lowest BCUT2D eigenvalue weighted by molar-refractivity contribution is -0.142. The third-order valence-corrected chi connectivity index (χ3v) is 4.35. The van der Waals surface area contributed by atoms with Gasteiger partial charge in [-0.1, -0.05) is 23.2 Å². The predicted octanol–water partition coefficient (Wildman–Crippen LogP) is 2.08. The molecule has 21 heavy (non-hydrogen) atoms. The number of amides is 2. The molecule has 0 bridgehead atoms. The second-order valence-corrected chi connectivity index (χ2v) is 5.92. The number of rotatable bonds is 2. The Kier molecular flexibility index (Phi) is 5.08. The van der Waals surface area contributed by atoms with Gasteiger partial charge in [-0.05, 0) is 31.0 Å². The third-order valence-electron chi connectivity index (χ3n) is 3.56. The van der Waals surface area contributed by atoms with Crippen LogP contribution in [0.15, 0.2) is 12.1 Å². The second-order valence-electron chi connectivity index (χ2n) is 5.11. The SMILES string of the molecule is Cc1c(Cl)cc(NC(=O)C(=O)N2CCC(CO)C2)cc1Cl. The number of likely N-dealkylation sites (tertiary alicyclic amines) is 1. The first kappa shape index (κ1) is 16.1. The van der Waals surface area contributed by atoms with Gasteiger partial charge in [0.1, 0.15) is 0 Å². The minimum absolute atomic E-state index is 0.0224. The summed E-state index contributed by atoms with van der Waals surface area (Å²) in [5, 5.41) is 12.4. The number of hydrogen-bond acceptors (Lipinski definition) is 3. The van der Waals surface area contributed by atoms with Gasteiger partial charge < -0.3 is 15.3 Å². The molecule has 1 fully saturated rings. The molecule has 1 atom stereocenters. The highest BCUT2D eigenvalue weighted by Gasteiger charge is 2.29. The Balaban J connectivity index is 2.03. The van der Waals surface area contributed by atoms with Gasteiger partial charge in [-0.15, -0.1) is 0 Å². The van der Waals surface area contributed by atoms with E-state index in [2.05, 4.69) is 5.32 Å². The fourth-order valence-corrected chi connectivity index (χ4v) is 2.70. The van der Waals surface area contributed by atoms with Crippen LogP contribution in [0.5, 0.6) is 0 Å². The van der Waals surface area contributed by atoms with E-state index in [1.54, 1.807) is 19.1 Å². The van der Waals surface area contributed by atoms with E-state index in [1.165, 1.54) is 4.90 Å². The summed E-state index contributed by atoms with van der Waals surface area (Å²) in [6.07, 6.45) is 0.706. The number of aliphatic hydroxyl groups is 1. The lowest BCUT2D eigenvalue weighted by Crippen LogP contribution is -2.38. The molecule has 114 valence electrons. The number of nitrogens with one attached hydrogen (secondary N) is 1. The molecule has 1 aromatic rings. The van der Waals surface area contributed by atoms with Gasteiger partial charge >= 0.3 is 11.8 Å². The van der Waals surface area contributed by atoms with Crippen molar-refractivity contribution in [3.8, 4) is 0 Å². The molecule has 0 aromatic heterocycles. The number of carbonyl (C=O) groups is 2. The van der Waals surface area contributed by atoms with Gasteiger partial charge in [-0.2, -0.15) is 0 Å². The summed E-state index contributed by atoms with van der Waals surface area (Å²) in [4.78, 5) is 25.4. The highest BCUT2D eigenvalue weighted by molar-refractivity contribution is 6.40. The zero-order valence-electron chi connectivity index (χ0n) is 11.5. The van der Waals surface area contributed by atoms with Crippen LogP contribution in [-0.2, 0) is 9.59 Å². The van der Waals surface area contributed by atoms with Gasteiger partial charge in [0.05, 0.1) is 0 Å². The van der Waals surface area contributed by atoms with E-state index in [4.69, 9.17) is 28.3 Å². The first-order valence-corrected chi connectivity index (χ1v) is 7.34. The molecule has 1 unspecified atom stereocenters. The maximum Gasteiger partial charge on any atom is 0.313 e. The molecule has 5 nitrogen and oxygen atoms in total. The fourth-order valence-electron chi connectivity index (χ4n) is 2.21. The molecule has 0 spiro atoms. The van der Waals surface area contributed by atoms with E-state index in [9.17, 15) is 9.59 Å². The third kappa shape index (κ3) is 3.67. The summed E-state index contributed by atoms with van der Waals surface area (Å²) in [6, 6.07) is 3.10. The predicted molar refractivity (Wildman–Crippen MR) is 81.6 cm³/mol. The number of anilines is 1. The summed E-state index contributed by atoms with van der Waals surface area (Å²) < 4.78 is 0. The molecule has 0 saturated carbocycles. The van der Waals surface area contributed by atoms with Crippen LogP contribution in [0.25, 0.3) is 0 Å². The second kappa shape index (κ2) is 6.64. The number of hydrogen-bond donors (Lipinski definition) is 2. The molecule has 2 amide bonds. The van der Waals surface area contributed by atoms with E-state index >= 15 is 0 Å². The Morgan fingerprint density at radius 1 is 1.38 bits per heavy atom. The normalized spacial score (nSPS) is 17.9. The van der Waals surface area contributed by atoms with E-state index in [1.807, 2.05) is 0 Å². The van der Waals surface area contributed by atoms with E-state index in [0.29, 0.717) is 40.8 Å². The average Bonchev–Trinajstić information content (AvgIpc) is 2.92. The lowest BCUT2D eigenvalue weighted by atomic mass is 10.1. The maximum atomic E-state index is 12.0. The van der Waals surface area contributed by atoms with Crippen LogP contribution in [0.4, 0.5) is 5.69 Å². The number of halogens is 2. The Morgan fingerprint density at radius 2 is 2.00 bits per heavy atom. The molecule has 1 aliphatic heterocycles. The largest absolute Gasteiger partial charge is 0.396 e. The highest BCUT2D eigenvalue weighted by Crippen LogP contribution is 2.28. The first-order chi connectivity index (χ1) is 9.92. The summed E-state index contributed by atoms with van der Waals surface area (Å²) in [6.45, 7) is 2.67. The summed E-state index contributed by atoms with van der Waals surface area (Å²) in [5.41, 5.74) is 1.10. The van der Waals surface area contributed by atoms with Crippen molar-refractivity contribution in [3.05, 3.63) is 27.7 Å². The molecule has 1 aromatic carbocycles. The fraction of sp³-hybridized carbons (Fsp3) is 0.429. The van der Waals surface area contributed by atoms with Gasteiger partial charge in [0.15, 0.2) is 0 Å². The van der Waals surface area contributed by atoms with Crippen molar-refractivity contribution in [2.24, 2.45) is 5.92 Å². The van der Waals surface area contributed by atoms with E-state index in [0.717, 1.165) is 0 Å². The quantitative estimate of drug-likeness (QED) is 0.815. The van der Waals surface area contributed by atoms with Crippen LogP contribution in [0.1, 0.15) is 12.0 Å². The standard InChI is InChI=1S/C14H16Cl2N2O3/c1-8-11(15)4-10(5-12(8)16)17-13(20)14(21)18-3-2-9(6-18)7-19/h4-5,9,19H,2-3,6-7H2,1H3,(H,17,20). The minimum atomic E-state index is -0.732. The zero-order valence-corrected chi connectivity index (χ0v) is 13.0. The summed E-state index contributed by atoms with van der Waals surface area (Å²) >= 11 is 12.0. The Morgan fingerprint density at radius 3 is 2.52 bits per heavy atom. The number of benzene rings is 1. The van der Waals surface area contributed by atoms with Crippen LogP contribution in [0.3, 0.4) is 0 Å². The molecule has 0 radical (unpaired) electrons. The Labute approximate surface area is 132 Å². The molecule has 1 aliphatic rings. The number of carbonyl (C=O) groups excluding carboxylic acids is 2. The molecule has 2 rings (SSSR count). The van der Waals surface area contributed by atoms with Gasteiger partial charge in [-0.25, -0.2) is 0 Å². The molecule has 7 heteroatoms. The van der Waals surface area contributed by atoms with Crippen LogP contribution in [-0.4, -0.2) is 41.5 Å². The van der Waals surface area contributed by atoms with Gasteiger partial charge in [0.25, 0.3) is 0 Å². The monoisotopic (exact) mass is 330 g/mol. The molecular weight excluding hydrogens is 315 g/mol. The van der Waals surface area contributed by atoms with Crippen molar-refractivity contribution in [1.29, 1.82) is 0 Å². The van der Waals surface area contributed by atoms with Crippen molar-refractivity contribution in [2.75, 3.05) is 25.0 Å². The lowest BCUT2D eigenvalue weighted by Gasteiger charge is -2.16. The molecular formula is C14H16Cl2N2O3. The van der Waals surface area contributed by atoms with Crippen LogP contribution >= 0.6 is 23.2 Å². The van der Waals surface area contributed by atoms with Crippen LogP contribution in [0.2, 0.25) is 10.0 Å². The van der Waals surface area contributed by atoms with Crippen molar-refractivity contribution in [1.82, 2.24) is 4.90 Å². The maximum absolute atomic E-state index is 12.0. The van der Waals surface area contributed by atoms with Crippen LogP contribution in [0, 0.1) is 12.8 Å². The van der Waals surface area contributed by atoms with E-state index in [-0.39, 0.29) is 12.5 Å². The average molecular weight is 331 g/mol. The van der Waals surface area contributed by atoms with Gasteiger partial charge in [0, 0.05) is 41.3 Å². The first-order valence-electron chi connectivity index (χ1n) is 6.59. The van der Waals surface area contributed by atoms with Crippen LogP contribution < -0.4 is 5.32 Å². The smallest absolute Gasteiger partial charge is 0.313 e. The summed E-state index contributed by atoms with van der Waals surface area (Å²) in [7, 11) is 0. The molecule has 2 N–H and O–H groups in total. The topological polar surface area (TPSA) is 69.6 Å². The Bertz CT molecular complexity index is 554. The molecule has 1 saturated heterocycles. The number of nitrogens with zero attached hydrogens (tertiary/aromatic N) is 1. The van der Waals surface area contributed by atoms with E-state index < -0.39 is 11.8 Å². The van der Waals surface area contributed by atoms with Crippen molar-refractivity contribution < 1.29 is 14.7 Å². The summed E-state index contributed by atoms with van der Waals surface area (Å²) in [5.74, 6) is -1.30. The van der Waals surface area contributed by atoms with Crippen molar-refractivity contribution in [2.45, 2.75) is 13.3 Å². The van der Waals surface area contributed by atoms with Gasteiger partial charge in [0.2, 0.25) is 0 Å². The Hall–Kier alpha value is -1.30. The minimum Gasteiger partial charge on any atom is -0.396 e. The molecule has 0 aliphatic carbocycles. The van der Waals surface area contributed by atoms with Gasteiger partial charge in [-0.3, -0.25) is 9.59 Å². The molecule has 1 heterocycles. The highest BCUT2D eigenvalue weighted by atomic mass is 35.5. The van der Waals surface area contributed by atoms with Crippen molar-refractivity contribution >= 4 is 40.7 Å². The number of aliphatic hydroxyl groups excluding tert-OH is 1.